The zero-order chi connectivity index (χ0) is 38.8. The van der Waals surface area contributed by atoms with Gasteiger partial charge in [-0.25, -0.2) is 0 Å². The molecule has 0 unspecified atom stereocenters. The summed E-state index contributed by atoms with van der Waals surface area (Å²) in [6.07, 6.45) is -7.01. The summed E-state index contributed by atoms with van der Waals surface area (Å²) in [4.78, 5) is 46.0. The summed E-state index contributed by atoms with van der Waals surface area (Å²) in [5.41, 5.74) is -4.31. The molecule has 288 valence electrons. The molecule has 0 saturated carbocycles. The third-order valence-corrected chi connectivity index (χ3v) is 10.8. The monoisotopic (exact) mass is 769 g/mol. The van der Waals surface area contributed by atoms with E-state index >= 15 is 0 Å². The van der Waals surface area contributed by atoms with Gasteiger partial charge in [0, 0.05) is 43.7 Å². The average molecular weight is 770 g/mol. The SMILES string of the molecule is CCC[C@H]1N(C(=O)c2ncccc2C(F)(F)F)CCC[C@@]1(Oc1csc(C(F)(F)F)c1)C(=O)N1CCC(c2ccccc2OCC(C)(C)C(=O)O)CC1. The van der Waals surface area contributed by atoms with Crippen molar-refractivity contribution in [2.75, 3.05) is 26.2 Å². The quantitative estimate of drug-likeness (QED) is 0.196. The van der Waals surface area contributed by atoms with E-state index < -0.39 is 63.3 Å². The number of nitrogens with zero attached hydrogens (tertiary/aromatic N) is 3. The number of aliphatic carboxylic acids is 1. The van der Waals surface area contributed by atoms with Crippen molar-refractivity contribution in [2.24, 2.45) is 5.41 Å². The van der Waals surface area contributed by atoms with Gasteiger partial charge in [0.25, 0.3) is 11.8 Å². The Labute approximate surface area is 306 Å². The van der Waals surface area contributed by atoms with E-state index in [0.29, 0.717) is 36.3 Å². The minimum atomic E-state index is -4.90. The van der Waals surface area contributed by atoms with Crippen LogP contribution < -0.4 is 9.47 Å². The molecule has 0 spiro atoms. The van der Waals surface area contributed by atoms with Crippen molar-refractivity contribution >= 4 is 29.1 Å². The number of aromatic nitrogens is 1. The molecular weight excluding hydrogens is 728 g/mol. The van der Waals surface area contributed by atoms with Crippen LogP contribution in [0, 0.1) is 5.41 Å². The maximum atomic E-state index is 14.9. The molecule has 2 fully saturated rings. The highest BCUT2D eigenvalue weighted by Gasteiger charge is 2.56. The standard InChI is InChI=1S/C37H41F6N3O6S/c1-4-9-28-35(52-24-20-29(53-21-24)37(41,42)43,15-8-17-46(28)31(47)30-26(36(38,39)40)11-7-16-44-30)32(48)45-18-13-23(14-19-45)25-10-5-6-12-27(25)51-22-34(2,3)33(49)50/h5-7,10-12,16,20-21,23,28H,4,8-9,13-15,17-19,22H2,1-3H3,(H,49,50)/t28-,35+/m1/s1. The molecule has 0 bridgehead atoms. The fraction of sp³-hybridized carbons (Fsp3) is 0.514. The Bertz CT molecular complexity index is 1790. The van der Waals surface area contributed by atoms with E-state index in [-0.39, 0.29) is 57.2 Å². The minimum Gasteiger partial charge on any atom is -0.492 e. The number of benzene rings is 1. The maximum Gasteiger partial charge on any atom is 0.425 e. The van der Waals surface area contributed by atoms with Gasteiger partial charge in [-0.1, -0.05) is 31.5 Å². The number of para-hydroxylation sites is 1. The van der Waals surface area contributed by atoms with Crippen LogP contribution in [0.4, 0.5) is 26.3 Å². The summed E-state index contributed by atoms with van der Waals surface area (Å²) in [5.74, 6) is -2.45. The smallest absolute Gasteiger partial charge is 0.425 e. The van der Waals surface area contributed by atoms with Crippen LogP contribution in [0.25, 0.3) is 0 Å². The Morgan fingerprint density at radius 3 is 2.32 bits per heavy atom. The highest BCUT2D eigenvalue weighted by Crippen LogP contribution is 2.44. The highest BCUT2D eigenvalue weighted by molar-refractivity contribution is 7.10. The number of hydrogen-bond acceptors (Lipinski definition) is 7. The van der Waals surface area contributed by atoms with Crippen LogP contribution >= 0.6 is 11.3 Å². The first-order valence-corrected chi connectivity index (χ1v) is 18.2. The van der Waals surface area contributed by atoms with Crippen molar-refractivity contribution in [1.29, 1.82) is 0 Å². The van der Waals surface area contributed by atoms with E-state index in [4.69, 9.17) is 9.47 Å². The number of rotatable bonds is 11. The van der Waals surface area contributed by atoms with Gasteiger partial charge in [0.1, 0.15) is 28.7 Å². The molecular formula is C37H41F6N3O6S. The van der Waals surface area contributed by atoms with Gasteiger partial charge in [-0.05, 0) is 69.2 Å². The first-order chi connectivity index (χ1) is 24.9. The lowest BCUT2D eigenvalue weighted by Gasteiger charge is -2.50. The summed E-state index contributed by atoms with van der Waals surface area (Å²) >= 11 is 0.386. The number of piperidine rings is 2. The molecule has 5 rings (SSSR count). The average Bonchev–Trinajstić information content (AvgIpc) is 3.60. The van der Waals surface area contributed by atoms with E-state index in [9.17, 15) is 45.8 Å². The van der Waals surface area contributed by atoms with E-state index in [0.717, 1.165) is 35.3 Å². The number of halogens is 6. The van der Waals surface area contributed by atoms with Crippen LogP contribution in [0.2, 0.25) is 0 Å². The highest BCUT2D eigenvalue weighted by atomic mass is 32.1. The Morgan fingerprint density at radius 1 is 1.00 bits per heavy atom. The Hall–Kier alpha value is -4.34. The van der Waals surface area contributed by atoms with E-state index in [1.165, 1.54) is 4.90 Å². The molecule has 2 aromatic heterocycles. The molecule has 2 aliphatic rings. The molecule has 53 heavy (non-hydrogen) atoms. The van der Waals surface area contributed by atoms with Gasteiger partial charge in [-0.15, -0.1) is 11.3 Å². The van der Waals surface area contributed by atoms with Gasteiger partial charge < -0.3 is 24.4 Å². The number of likely N-dealkylation sites (tertiary alicyclic amines) is 2. The third-order valence-electron chi connectivity index (χ3n) is 9.83. The van der Waals surface area contributed by atoms with Gasteiger partial charge in [0.15, 0.2) is 0 Å². The summed E-state index contributed by atoms with van der Waals surface area (Å²) in [6.45, 7) is 5.17. The minimum absolute atomic E-state index is 0.00177. The normalized spacial score (nSPS) is 20.3. The van der Waals surface area contributed by atoms with Gasteiger partial charge >= 0.3 is 18.3 Å². The summed E-state index contributed by atoms with van der Waals surface area (Å²) in [7, 11) is 0. The van der Waals surface area contributed by atoms with Crippen LogP contribution in [0.1, 0.15) is 91.7 Å². The molecule has 16 heteroatoms. The molecule has 2 saturated heterocycles. The summed E-state index contributed by atoms with van der Waals surface area (Å²) in [5, 5.41) is 10.7. The molecule has 0 radical (unpaired) electrons. The zero-order valence-corrected chi connectivity index (χ0v) is 30.2. The number of carbonyl (C=O) groups excluding carboxylic acids is 2. The Kier molecular flexibility index (Phi) is 11.7. The maximum absolute atomic E-state index is 14.9. The second-order valence-electron chi connectivity index (χ2n) is 14.0. The lowest BCUT2D eigenvalue weighted by Crippen LogP contribution is -2.68. The van der Waals surface area contributed by atoms with Crippen molar-refractivity contribution in [3.63, 3.8) is 0 Å². The first-order valence-electron chi connectivity index (χ1n) is 17.3. The zero-order valence-electron chi connectivity index (χ0n) is 29.4. The molecule has 9 nitrogen and oxygen atoms in total. The van der Waals surface area contributed by atoms with Gasteiger partial charge in [0.2, 0.25) is 5.60 Å². The van der Waals surface area contributed by atoms with E-state index in [1.807, 2.05) is 12.1 Å². The summed E-state index contributed by atoms with van der Waals surface area (Å²) < 4.78 is 95.3. The van der Waals surface area contributed by atoms with Crippen LogP contribution in [0.15, 0.2) is 54.0 Å². The lowest BCUT2D eigenvalue weighted by atomic mass is 9.79. The number of carboxylic acids is 1. The van der Waals surface area contributed by atoms with Gasteiger partial charge in [-0.3, -0.25) is 19.4 Å². The number of carbonyl (C=O) groups is 3. The van der Waals surface area contributed by atoms with E-state index in [2.05, 4.69) is 4.98 Å². The van der Waals surface area contributed by atoms with Crippen molar-refractivity contribution in [2.45, 2.75) is 89.2 Å². The third kappa shape index (κ3) is 8.57. The molecule has 0 aliphatic carbocycles. The molecule has 2 amide bonds. The number of ether oxygens (including phenoxy) is 2. The molecule has 2 aliphatic heterocycles. The summed E-state index contributed by atoms with van der Waals surface area (Å²) in [6, 6.07) is 8.69. The van der Waals surface area contributed by atoms with Crippen LogP contribution in [0.5, 0.6) is 11.5 Å². The lowest BCUT2D eigenvalue weighted by molar-refractivity contribution is -0.160. The fourth-order valence-corrected chi connectivity index (χ4v) is 7.68. The fourth-order valence-electron chi connectivity index (χ4n) is 7.01. The predicted octanol–water partition coefficient (Wildman–Crippen LogP) is 8.30. The number of hydrogen-bond donors (Lipinski definition) is 1. The number of alkyl halides is 6. The topological polar surface area (TPSA) is 109 Å². The second kappa shape index (κ2) is 15.6. The van der Waals surface area contributed by atoms with Crippen LogP contribution in [-0.2, 0) is 21.9 Å². The second-order valence-corrected chi connectivity index (χ2v) is 14.9. The van der Waals surface area contributed by atoms with Crippen molar-refractivity contribution < 1.29 is 55.3 Å². The first kappa shape index (κ1) is 39.9. The molecule has 1 aromatic carbocycles. The molecule has 3 aromatic rings. The number of amides is 2. The van der Waals surface area contributed by atoms with Gasteiger partial charge in [0.05, 0.1) is 17.0 Å². The van der Waals surface area contributed by atoms with E-state index in [1.54, 1.807) is 37.8 Å². The number of thiophene rings is 1. The van der Waals surface area contributed by atoms with Crippen molar-refractivity contribution in [1.82, 2.24) is 14.8 Å². The largest absolute Gasteiger partial charge is 0.492 e. The van der Waals surface area contributed by atoms with Crippen LogP contribution in [0.3, 0.4) is 0 Å². The Morgan fingerprint density at radius 2 is 1.70 bits per heavy atom. The number of pyridine rings is 1. The van der Waals surface area contributed by atoms with Crippen molar-refractivity contribution in [3.05, 3.63) is 75.7 Å². The molecule has 4 heterocycles. The molecule has 2 atom stereocenters. The number of carboxylic acid groups (broad SMARTS) is 1. The Balaban J connectivity index is 1.47. The predicted molar refractivity (Wildman–Crippen MR) is 183 cm³/mol. The van der Waals surface area contributed by atoms with Crippen molar-refractivity contribution in [3.8, 4) is 11.5 Å². The molecule has 1 N–H and O–H groups in total. The van der Waals surface area contributed by atoms with Crippen LogP contribution in [-0.4, -0.2) is 75.6 Å². The van der Waals surface area contributed by atoms with Gasteiger partial charge in [-0.2, -0.15) is 26.3 Å².